The molecule has 0 radical (unpaired) electrons. The molecule has 1 aliphatic carbocycles. The van der Waals surface area contributed by atoms with E-state index >= 15 is 0 Å². The van der Waals surface area contributed by atoms with Gasteiger partial charge in [-0.1, -0.05) is 50.3 Å². The van der Waals surface area contributed by atoms with Gasteiger partial charge in [0.2, 0.25) is 0 Å². The van der Waals surface area contributed by atoms with Crippen molar-refractivity contribution in [2.45, 2.75) is 58.8 Å². The van der Waals surface area contributed by atoms with Gasteiger partial charge in [0.05, 0.1) is 0 Å². The largest absolute Gasteiger partial charge is 0.325 e. The highest BCUT2D eigenvalue weighted by molar-refractivity contribution is 6.31. The molecule has 4 heteroatoms. The van der Waals surface area contributed by atoms with Gasteiger partial charge in [-0.25, -0.2) is 4.79 Å². The maximum Gasteiger partial charge on any atom is 0.321 e. The molecule has 1 aliphatic heterocycles. The van der Waals surface area contributed by atoms with Crippen LogP contribution in [0.25, 0.3) is 0 Å². The molecule has 2 amide bonds. The molecule has 138 valence electrons. The third-order valence-electron chi connectivity index (χ3n) is 6.15. The van der Waals surface area contributed by atoms with Crippen LogP contribution in [0.1, 0.15) is 57.4 Å². The predicted molar refractivity (Wildman–Crippen MR) is 105 cm³/mol. The Morgan fingerprint density at radius 3 is 2.44 bits per heavy atom. The number of carbonyl (C=O) groups excluding carboxylic acids is 1. The monoisotopic (exact) mass is 362 g/mol. The molecule has 3 rings (SSSR count). The SMILES string of the molecule is Cc1ccc(Cl)cc1NC(=O)N1CCC(CC2CCC(C)CC2)CC1. The highest BCUT2D eigenvalue weighted by Gasteiger charge is 2.27. The molecule has 1 heterocycles. The Morgan fingerprint density at radius 2 is 1.76 bits per heavy atom. The summed E-state index contributed by atoms with van der Waals surface area (Å²) in [4.78, 5) is 14.5. The molecule has 1 aromatic rings. The van der Waals surface area contributed by atoms with Crippen LogP contribution in [0.3, 0.4) is 0 Å². The van der Waals surface area contributed by atoms with Gasteiger partial charge in [0.15, 0.2) is 0 Å². The van der Waals surface area contributed by atoms with Crippen molar-refractivity contribution >= 4 is 23.3 Å². The van der Waals surface area contributed by atoms with E-state index in [-0.39, 0.29) is 6.03 Å². The summed E-state index contributed by atoms with van der Waals surface area (Å²) < 4.78 is 0. The minimum atomic E-state index is 0.00954. The summed E-state index contributed by atoms with van der Waals surface area (Å²) in [5, 5.41) is 3.68. The first-order valence-electron chi connectivity index (χ1n) is 9.83. The van der Waals surface area contributed by atoms with Crippen LogP contribution >= 0.6 is 11.6 Å². The van der Waals surface area contributed by atoms with E-state index in [1.807, 2.05) is 30.0 Å². The maximum absolute atomic E-state index is 12.5. The number of likely N-dealkylation sites (tertiary alicyclic amines) is 1. The molecular weight excluding hydrogens is 332 g/mol. The number of anilines is 1. The van der Waals surface area contributed by atoms with Gasteiger partial charge in [-0.15, -0.1) is 0 Å². The summed E-state index contributed by atoms with van der Waals surface area (Å²) in [6.07, 6.45) is 9.30. The van der Waals surface area contributed by atoms with Crippen LogP contribution in [-0.2, 0) is 0 Å². The van der Waals surface area contributed by atoms with Crippen molar-refractivity contribution in [2.75, 3.05) is 18.4 Å². The zero-order valence-corrected chi connectivity index (χ0v) is 16.3. The van der Waals surface area contributed by atoms with Gasteiger partial charge in [0.25, 0.3) is 0 Å². The number of piperidine rings is 1. The minimum Gasteiger partial charge on any atom is -0.325 e. The summed E-state index contributed by atoms with van der Waals surface area (Å²) in [6, 6.07) is 5.63. The maximum atomic E-state index is 12.5. The molecular formula is C21H31ClN2O. The van der Waals surface area contributed by atoms with Crippen LogP contribution in [0.15, 0.2) is 18.2 Å². The van der Waals surface area contributed by atoms with Gasteiger partial charge >= 0.3 is 6.03 Å². The molecule has 0 unspecified atom stereocenters. The second-order valence-electron chi connectivity index (χ2n) is 8.18. The normalized spacial score (nSPS) is 25.0. The van der Waals surface area contributed by atoms with E-state index in [9.17, 15) is 4.79 Å². The first kappa shape index (κ1) is 18.6. The number of urea groups is 1. The standard InChI is InChI=1S/C21H31ClN2O/c1-15-3-6-17(7-4-15)13-18-9-11-24(12-10-18)21(25)23-20-14-19(22)8-5-16(20)2/h5,8,14-15,17-18H,3-4,6-7,9-13H2,1-2H3,(H,23,25). The van der Waals surface area contributed by atoms with E-state index in [0.717, 1.165) is 54.9 Å². The van der Waals surface area contributed by atoms with E-state index in [4.69, 9.17) is 11.6 Å². The van der Waals surface area contributed by atoms with Gasteiger partial charge in [-0.3, -0.25) is 0 Å². The fourth-order valence-corrected chi connectivity index (χ4v) is 4.50. The van der Waals surface area contributed by atoms with Gasteiger partial charge < -0.3 is 10.2 Å². The molecule has 25 heavy (non-hydrogen) atoms. The third-order valence-corrected chi connectivity index (χ3v) is 6.38. The number of halogens is 1. The zero-order chi connectivity index (χ0) is 17.8. The molecule has 0 bridgehead atoms. The van der Waals surface area contributed by atoms with E-state index < -0.39 is 0 Å². The van der Waals surface area contributed by atoms with Crippen LogP contribution in [0, 0.1) is 24.7 Å². The first-order chi connectivity index (χ1) is 12.0. The number of nitrogens with one attached hydrogen (secondary N) is 1. The number of aryl methyl sites for hydroxylation is 1. The number of carbonyl (C=O) groups is 1. The Labute approximate surface area is 157 Å². The lowest BCUT2D eigenvalue weighted by atomic mass is 9.77. The zero-order valence-electron chi connectivity index (χ0n) is 15.6. The topological polar surface area (TPSA) is 32.3 Å². The highest BCUT2D eigenvalue weighted by atomic mass is 35.5. The van der Waals surface area contributed by atoms with Crippen molar-refractivity contribution in [3.05, 3.63) is 28.8 Å². The second-order valence-corrected chi connectivity index (χ2v) is 8.62. The number of nitrogens with zero attached hydrogens (tertiary/aromatic N) is 1. The Morgan fingerprint density at radius 1 is 1.12 bits per heavy atom. The van der Waals surface area contributed by atoms with Crippen molar-refractivity contribution in [1.82, 2.24) is 4.90 Å². The lowest BCUT2D eigenvalue weighted by Gasteiger charge is -2.35. The number of rotatable bonds is 3. The summed E-state index contributed by atoms with van der Waals surface area (Å²) >= 11 is 6.04. The third kappa shape index (κ3) is 5.13. The lowest BCUT2D eigenvalue weighted by Crippen LogP contribution is -2.41. The Kier molecular flexibility index (Phi) is 6.27. The smallest absolute Gasteiger partial charge is 0.321 e. The Bertz CT molecular complexity index is 588. The van der Waals surface area contributed by atoms with Crippen molar-refractivity contribution < 1.29 is 4.79 Å². The Hall–Kier alpha value is -1.22. The van der Waals surface area contributed by atoms with Crippen LogP contribution in [0.2, 0.25) is 5.02 Å². The fraction of sp³-hybridized carbons (Fsp3) is 0.667. The number of amides is 2. The summed E-state index contributed by atoms with van der Waals surface area (Å²) in [5.74, 6) is 2.66. The molecule has 1 saturated heterocycles. The van der Waals surface area contributed by atoms with Crippen LogP contribution in [0.4, 0.5) is 10.5 Å². The highest BCUT2D eigenvalue weighted by Crippen LogP contribution is 2.35. The molecule has 0 spiro atoms. The van der Waals surface area contributed by atoms with Crippen LogP contribution < -0.4 is 5.32 Å². The average molecular weight is 363 g/mol. The van der Waals surface area contributed by atoms with Crippen molar-refractivity contribution in [2.24, 2.45) is 17.8 Å². The van der Waals surface area contributed by atoms with Gasteiger partial charge in [0, 0.05) is 23.8 Å². The van der Waals surface area contributed by atoms with Gasteiger partial charge in [-0.05, 0) is 61.6 Å². The average Bonchev–Trinajstić information content (AvgIpc) is 2.61. The number of hydrogen-bond donors (Lipinski definition) is 1. The van der Waals surface area contributed by atoms with Crippen molar-refractivity contribution in [1.29, 1.82) is 0 Å². The van der Waals surface area contributed by atoms with Crippen LogP contribution in [-0.4, -0.2) is 24.0 Å². The molecule has 3 nitrogen and oxygen atoms in total. The molecule has 0 atom stereocenters. The van der Waals surface area contributed by atoms with Crippen LogP contribution in [0.5, 0.6) is 0 Å². The van der Waals surface area contributed by atoms with E-state index in [2.05, 4.69) is 12.2 Å². The predicted octanol–water partition coefficient (Wildman–Crippen LogP) is 6.11. The van der Waals surface area contributed by atoms with Gasteiger partial charge in [-0.2, -0.15) is 0 Å². The lowest BCUT2D eigenvalue weighted by molar-refractivity contribution is 0.162. The second kappa shape index (κ2) is 8.44. The summed E-state index contributed by atoms with van der Waals surface area (Å²) in [6.45, 7) is 6.12. The Balaban J connectivity index is 1.45. The summed E-state index contributed by atoms with van der Waals surface area (Å²) in [5.41, 5.74) is 1.86. The number of benzene rings is 1. The van der Waals surface area contributed by atoms with E-state index in [1.54, 1.807) is 0 Å². The van der Waals surface area contributed by atoms with E-state index in [1.165, 1.54) is 32.1 Å². The molecule has 0 aromatic heterocycles. The fourth-order valence-electron chi connectivity index (χ4n) is 4.33. The molecule has 2 fully saturated rings. The molecule has 1 saturated carbocycles. The quantitative estimate of drug-likeness (QED) is 0.691. The van der Waals surface area contributed by atoms with E-state index in [0.29, 0.717) is 5.02 Å². The molecule has 1 N–H and O–H groups in total. The van der Waals surface area contributed by atoms with Crippen molar-refractivity contribution in [3.63, 3.8) is 0 Å². The van der Waals surface area contributed by atoms with Gasteiger partial charge in [0.1, 0.15) is 0 Å². The van der Waals surface area contributed by atoms with Crippen molar-refractivity contribution in [3.8, 4) is 0 Å². The summed E-state index contributed by atoms with van der Waals surface area (Å²) in [7, 11) is 0. The molecule has 2 aliphatic rings. The first-order valence-corrected chi connectivity index (χ1v) is 10.2. The minimum absolute atomic E-state index is 0.00954. The number of hydrogen-bond acceptors (Lipinski definition) is 1. The molecule has 1 aromatic carbocycles.